The third kappa shape index (κ3) is 2.98. The Morgan fingerprint density at radius 2 is 1.71 bits per heavy atom. The molecule has 124 valence electrons. The van der Waals surface area contributed by atoms with Crippen LogP contribution in [-0.4, -0.2) is 33.3 Å². The molecule has 4 nitrogen and oxygen atoms in total. The summed E-state index contributed by atoms with van der Waals surface area (Å²) < 4.78 is 32.5. The standard InChI is InChI=1S/C18H17F2N3O/c1-24-18-6-5-13(11-16(18)20)22-7-9-23(10-8-22)17-4-2-3-15(19)14(17)12-21/h2-6,11H,7-10H2,1H3. The number of ether oxygens (including phenoxy) is 1. The number of methoxy groups -OCH3 is 1. The van der Waals surface area contributed by atoms with E-state index in [9.17, 15) is 8.78 Å². The molecule has 0 bridgehead atoms. The van der Waals surface area contributed by atoms with E-state index < -0.39 is 11.6 Å². The number of hydrogen-bond acceptors (Lipinski definition) is 4. The smallest absolute Gasteiger partial charge is 0.167 e. The lowest BCUT2D eigenvalue weighted by Gasteiger charge is -2.37. The number of nitrogens with zero attached hydrogens (tertiary/aromatic N) is 3. The van der Waals surface area contributed by atoms with Gasteiger partial charge in [-0.1, -0.05) is 6.07 Å². The number of nitriles is 1. The molecule has 1 heterocycles. The minimum Gasteiger partial charge on any atom is -0.494 e. The van der Waals surface area contributed by atoms with Gasteiger partial charge in [-0.2, -0.15) is 5.26 Å². The molecule has 2 aromatic rings. The maximum Gasteiger partial charge on any atom is 0.167 e. The molecule has 0 amide bonds. The average Bonchev–Trinajstić information content (AvgIpc) is 2.61. The Kier molecular flexibility index (Phi) is 4.52. The summed E-state index contributed by atoms with van der Waals surface area (Å²) in [5.74, 6) is -0.681. The summed E-state index contributed by atoms with van der Waals surface area (Å²) in [4.78, 5) is 4.04. The molecular weight excluding hydrogens is 312 g/mol. The predicted molar refractivity (Wildman–Crippen MR) is 88.5 cm³/mol. The van der Waals surface area contributed by atoms with Crippen LogP contribution in [0.15, 0.2) is 36.4 Å². The van der Waals surface area contributed by atoms with Gasteiger partial charge in [0, 0.05) is 37.9 Å². The molecule has 0 saturated carbocycles. The van der Waals surface area contributed by atoms with Crippen LogP contribution < -0.4 is 14.5 Å². The first-order chi connectivity index (χ1) is 11.6. The fraction of sp³-hybridized carbons (Fsp3) is 0.278. The Bertz CT molecular complexity index is 780. The first kappa shape index (κ1) is 16.1. The Morgan fingerprint density at radius 1 is 1.00 bits per heavy atom. The fourth-order valence-corrected chi connectivity index (χ4v) is 2.94. The average molecular weight is 329 g/mol. The van der Waals surface area contributed by atoms with Crippen LogP contribution in [0.4, 0.5) is 20.2 Å². The summed E-state index contributed by atoms with van der Waals surface area (Å²) in [5, 5.41) is 9.16. The van der Waals surface area contributed by atoms with Crippen molar-refractivity contribution in [2.24, 2.45) is 0 Å². The third-order valence-corrected chi connectivity index (χ3v) is 4.22. The van der Waals surface area contributed by atoms with Gasteiger partial charge >= 0.3 is 0 Å². The highest BCUT2D eigenvalue weighted by molar-refractivity contribution is 5.61. The summed E-state index contributed by atoms with van der Waals surface area (Å²) in [6.07, 6.45) is 0. The molecule has 0 aromatic heterocycles. The molecule has 24 heavy (non-hydrogen) atoms. The van der Waals surface area contributed by atoms with Gasteiger partial charge in [0.25, 0.3) is 0 Å². The van der Waals surface area contributed by atoms with Gasteiger partial charge in [0.15, 0.2) is 11.6 Å². The van der Waals surface area contributed by atoms with Crippen LogP contribution in [0.5, 0.6) is 5.75 Å². The highest BCUT2D eigenvalue weighted by Crippen LogP contribution is 2.27. The van der Waals surface area contributed by atoms with Gasteiger partial charge in [0.1, 0.15) is 17.4 Å². The van der Waals surface area contributed by atoms with Gasteiger partial charge in [0.2, 0.25) is 0 Å². The van der Waals surface area contributed by atoms with E-state index >= 15 is 0 Å². The van der Waals surface area contributed by atoms with Crippen LogP contribution in [-0.2, 0) is 0 Å². The highest BCUT2D eigenvalue weighted by atomic mass is 19.1. The van der Waals surface area contributed by atoms with Crippen molar-refractivity contribution < 1.29 is 13.5 Å². The van der Waals surface area contributed by atoms with E-state index in [0.717, 1.165) is 5.69 Å². The van der Waals surface area contributed by atoms with Crippen molar-refractivity contribution in [3.8, 4) is 11.8 Å². The van der Waals surface area contributed by atoms with Gasteiger partial charge in [-0.15, -0.1) is 0 Å². The number of halogens is 2. The number of piperazine rings is 1. The van der Waals surface area contributed by atoms with E-state index in [0.29, 0.717) is 31.9 Å². The van der Waals surface area contributed by atoms with Crippen LogP contribution >= 0.6 is 0 Å². The SMILES string of the molecule is COc1ccc(N2CCN(c3cccc(F)c3C#N)CC2)cc1F. The zero-order valence-electron chi connectivity index (χ0n) is 13.3. The molecule has 3 rings (SSSR count). The van der Waals surface area contributed by atoms with E-state index in [1.54, 1.807) is 18.2 Å². The molecule has 0 spiro atoms. The van der Waals surface area contributed by atoms with Gasteiger partial charge in [-0.3, -0.25) is 0 Å². The largest absolute Gasteiger partial charge is 0.494 e. The van der Waals surface area contributed by atoms with Crippen LogP contribution in [0, 0.1) is 23.0 Å². The van der Waals surface area contributed by atoms with Gasteiger partial charge in [0.05, 0.1) is 12.8 Å². The number of anilines is 2. The van der Waals surface area contributed by atoms with Crippen molar-refractivity contribution >= 4 is 11.4 Å². The second-order valence-electron chi connectivity index (χ2n) is 5.54. The maximum absolute atomic E-state index is 13.9. The third-order valence-electron chi connectivity index (χ3n) is 4.22. The maximum atomic E-state index is 13.9. The summed E-state index contributed by atoms with van der Waals surface area (Å²) in [7, 11) is 1.43. The van der Waals surface area contributed by atoms with Crippen molar-refractivity contribution in [3.05, 3.63) is 53.6 Å². The molecule has 6 heteroatoms. The van der Waals surface area contributed by atoms with E-state index in [-0.39, 0.29) is 11.3 Å². The Balaban J connectivity index is 1.74. The minimum absolute atomic E-state index is 0.0708. The van der Waals surface area contributed by atoms with Gasteiger partial charge in [-0.05, 0) is 24.3 Å². The number of rotatable bonds is 3. The van der Waals surface area contributed by atoms with Gasteiger partial charge in [-0.25, -0.2) is 8.78 Å². The zero-order chi connectivity index (χ0) is 17.1. The summed E-state index contributed by atoms with van der Waals surface area (Å²) in [6, 6.07) is 11.5. The van der Waals surface area contributed by atoms with E-state index in [4.69, 9.17) is 10.00 Å². The van der Waals surface area contributed by atoms with E-state index in [1.807, 2.05) is 17.0 Å². The Labute approximate surface area is 139 Å². The Hall–Kier alpha value is -2.81. The van der Waals surface area contributed by atoms with Crippen LogP contribution in [0.2, 0.25) is 0 Å². The van der Waals surface area contributed by atoms with E-state index in [2.05, 4.69) is 4.90 Å². The lowest BCUT2D eigenvalue weighted by Crippen LogP contribution is -2.46. The summed E-state index contributed by atoms with van der Waals surface area (Å²) in [5.41, 5.74) is 1.47. The first-order valence-electron chi connectivity index (χ1n) is 7.66. The van der Waals surface area contributed by atoms with Crippen molar-refractivity contribution in [2.45, 2.75) is 0 Å². The van der Waals surface area contributed by atoms with Crippen molar-refractivity contribution in [1.82, 2.24) is 0 Å². The van der Waals surface area contributed by atoms with Crippen LogP contribution in [0.3, 0.4) is 0 Å². The lowest BCUT2D eigenvalue weighted by atomic mass is 10.1. The topological polar surface area (TPSA) is 39.5 Å². The zero-order valence-corrected chi connectivity index (χ0v) is 13.3. The quantitative estimate of drug-likeness (QED) is 0.867. The first-order valence-corrected chi connectivity index (χ1v) is 7.66. The lowest BCUT2D eigenvalue weighted by molar-refractivity contribution is 0.386. The molecular formula is C18H17F2N3O. The molecule has 0 atom stereocenters. The molecule has 0 aliphatic carbocycles. The van der Waals surface area contributed by atoms with Crippen molar-refractivity contribution in [1.29, 1.82) is 5.26 Å². The van der Waals surface area contributed by atoms with Crippen LogP contribution in [0.1, 0.15) is 5.56 Å². The predicted octanol–water partition coefficient (Wildman–Crippen LogP) is 3.17. The molecule has 0 N–H and O–H groups in total. The monoisotopic (exact) mass is 329 g/mol. The van der Waals surface area contributed by atoms with E-state index in [1.165, 1.54) is 19.2 Å². The van der Waals surface area contributed by atoms with Crippen molar-refractivity contribution in [2.75, 3.05) is 43.1 Å². The van der Waals surface area contributed by atoms with Gasteiger partial charge < -0.3 is 14.5 Å². The molecule has 2 aromatic carbocycles. The molecule has 1 aliphatic rings. The fourth-order valence-electron chi connectivity index (χ4n) is 2.94. The second-order valence-corrected chi connectivity index (χ2v) is 5.54. The molecule has 1 saturated heterocycles. The summed E-state index contributed by atoms with van der Waals surface area (Å²) >= 11 is 0. The van der Waals surface area contributed by atoms with Crippen LogP contribution in [0.25, 0.3) is 0 Å². The highest BCUT2D eigenvalue weighted by Gasteiger charge is 2.21. The number of hydrogen-bond donors (Lipinski definition) is 0. The van der Waals surface area contributed by atoms with Crippen molar-refractivity contribution in [3.63, 3.8) is 0 Å². The minimum atomic E-state index is -0.505. The molecule has 1 aliphatic heterocycles. The second kappa shape index (κ2) is 6.75. The molecule has 0 radical (unpaired) electrons. The number of benzene rings is 2. The normalized spacial score (nSPS) is 14.4. The Morgan fingerprint density at radius 3 is 2.33 bits per heavy atom. The molecule has 1 fully saturated rings. The summed E-state index contributed by atoms with van der Waals surface area (Å²) in [6.45, 7) is 2.58. The molecule has 0 unspecified atom stereocenters.